The monoisotopic (exact) mass is 100 g/mol. The Kier molecular flexibility index (Phi) is 1.30. The normalized spacial score (nSPS) is 38.6. The Morgan fingerprint density at radius 3 is 2.57 bits per heavy atom. The van der Waals surface area contributed by atoms with Crippen molar-refractivity contribution in [3.63, 3.8) is 0 Å². The Balaban J connectivity index is 1.98. The molecule has 1 fully saturated rings. The Hall–Kier alpha value is -0.0800. The molecule has 0 aromatic heterocycles. The molecule has 2 nitrogen and oxygen atoms in total. The van der Waals surface area contributed by atoms with Crippen LogP contribution in [0.5, 0.6) is 0 Å². The number of rotatable bonds is 2. The predicted octanol–water partition coefficient (Wildman–Crippen LogP) is 0.344. The molecule has 2 atom stereocenters. The standard InChI is InChI=1S/C5H12N2/c1-2-3-5-4-7(5)6/h5H,2-4,6H2,1H3. The first-order valence-corrected chi connectivity index (χ1v) is 2.86. The summed E-state index contributed by atoms with van der Waals surface area (Å²) < 4.78 is 0. The summed E-state index contributed by atoms with van der Waals surface area (Å²) >= 11 is 0. The average molecular weight is 100 g/mol. The van der Waals surface area contributed by atoms with Crippen LogP contribution in [0.2, 0.25) is 0 Å². The maximum atomic E-state index is 5.39. The third kappa shape index (κ3) is 1.14. The molecule has 1 aliphatic heterocycles. The van der Waals surface area contributed by atoms with Crippen LogP contribution >= 0.6 is 0 Å². The fraction of sp³-hybridized carbons (Fsp3) is 1.00. The van der Waals surface area contributed by atoms with Gasteiger partial charge in [-0.2, -0.15) is 0 Å². The Bertz CT molecular complexity index is 63.1. The Morgan fingerprint density at radius 2 is 2.43 bits per heavy atom. The van der Waals surface area contributed by atoms with Gasteiger partial charge in [0, 0.05) is 12.6 Å². The molecule has 2 unspecified atom stereocenters. The molecule has 0 radical (unpaired) electrons. The smallest absolute Gasteiger partial charge is 0.0383 e. The zero-order valence-corrected chi connectivity index (χ0v) is 4.72. The lowest BCUT2D eigenvalue weighted by Crippen LogP contribution is -2.08. The molecule has 0 amide bonds. The van der Waals surface area contributed by atoms with Crippen LogP contribution in [0, 0.1) is 0 Å². The zero-order chi connectivity index (χ0) is 5.28. The molecule has 1 saturated heterocycles. The van der Waals surface area contributed by atoms with Gasteiger partial charge >= 0.3 is 0 Å². The predicted molar refractivity (Wildman–Crippen MR) is 29.6 cm³/mol. The van der Waals surface area contributed by atoms with E-state index >= 15 is 0 Å². The fourth-order valence-corrected chi connectivity index (χ4v) is 0.787. The summed E-state index contributed by atoms with van der Waals surface area (Å²) in [5.74, 6) is 5.39. The maximum Gasteiger partial charge on any atom is 0.0383 e. The van der Waals surface area contributed by atoms with Crippen molar-refractivity contribution in [3.05, 3.63) is 0 Å². The Labute approximate surface area is 44.3 Å². The van der Waals surface area contributed by atoms with Gasteiger partial charge in [-0.25, -0.2) is 5.01 Å². The van der Waals surface area contributed by atoms with Crippen molar-refractivity contribution >= 4 is 0 Å². The first-order valence-electron chi connectivity index (χ1n) is 2.86. The van der Waals surface area contributed by atoms with Crippen molar-refractivity contribution in [2.45, 2.75) is 25.8 Å². The molecule has 42 valence electrons. The minimum Gasteiger partial charge on any atom is -0.268 e. The van der Waals surface area contributed by atoms with E-state index in [1.54, 1.807) is 0 Å². The molecule has 0 spiro atoms. The second-order valence-corrected chi connectivity index (χ2v) is 2.14. The van der Waals surface area contributed by atoms with E-state index in [2.05, 4.69) is 6.92 Å². The highest BCUT2D eigenvalue weighted by atomic mass is 15.5. The van der Waals surface area contributed by atoms with E-state index in [0.717, 1.165) is 12.6 Å². The van der Waals surface area contributed by atoms with Gasteiger partial charge in [0.1, 0.15) is 0 Å². The lowest BCUT2D eigenvalue weighted by molar-refractivity contribution is 0.516. The third-order valence-corrected chi connectivity index (χ3v) is 1.38. The van der Waals surface area contributed by atoms with E-state index in [-0.39, 0.29) is 0 Å². The highest BCUT2D eigenvalue weighted by Gasteiger charge is 2.28. The van der Waals surface area contributed by atoms with Crippen LogP contribution in [0.3, 0.4) is 0 Å². The number of hydrogen-bond acceptors (Lipinski definition) is 2. The molecule has 1 rings (SSSR count). The van der Waals surface area contributed by atoms with Crippen molar-refractivity contribution in [1.82, 2.24) is 5.01 Å². The lowest BCUT2D eigenvalue weighted by Gasteiger charge is -1.88. The Morgan fingerprint density at radius 1 is 1.86 bits per heavy atom. The number of nitrogens with zero attached hydrogens (tertiary/aromatic N) is 1. The van der Waals surface area contributed by atoms with E-state index in [4.69, 9.17) is 5.84 Å². The summed E-state index contributed by atoms with van der Waals surface area (Å²) in [4.78, 5) is 0. The molecular formula is C5H12N2. The fourth-order valence-electron chi connectivity index (χ4n) is 0.787. The molecule has 2 heteroatoms. The molecule has 2 N–H and O–H groups in total. The van der Waals surface area contributed by atoms with E-state index < -0.39 is 0 Å². The molecule has 7 heavy (non-hydrogen) atoms. The van der Waals surface area contributed by atoms with E-state index in [1.807, 2.05) is 5.01 Å². The van der Waals surface area contributed by atoms with Gasteiger partial charge in [-0.05, 0) is 6.42 Å². The van der Waals surface area contributed by atoms with Crippen LogP contribution in [0.25, 0.3) is 0 Å². The zero-order valence-electron chi connectivity index (χ0n) is 4.72. The molecule has 1 heterocycles. The maximum absolute atomic E-state index is 5.39. The topological polar surface area (TPSA) is 29.0 Å². The van der Waals surface area contributed by atoms with Gasteiger partial charge in [-0.15, -0.1) is 0 Å². The van der Waals surface area contributed by atoms with Gasteiger partial charge in [0.05, 0.1) is 0 Å². The summed E-state index contributed by atoms with van der Waals surface area (Å²) in [5.41, 5.74) is 0. The molecule has 0 aromatic carbocycles. The largest absolute Gasteiger partial charge is 0.268 e. The molecule has 0 saturated carbocycles. The van der Waals surface area contributed by atoms with Crippen LogP contribution in [0.1, 0.15) is 19.8 Å². The molecule has 1 aliphatic rings. The average Bonchev–Trinajstić information content (AvgIpc) is 2.22. The number of hydrazine groups is 1. The summed E-state index contributed by atoms with van der Waals surface area (Å²) in [5, 5.41) is 1.88. The molecular weight excluding hydrogens is 88.1 g/mol. The van der Waals surface area contributed by atoms with Crippen LogP contribution in [0.4, 0.5) is 0 Å². The molecule has 0 aliphatic carbocycles. The summed E-state index contributed by atoms with van der Waals surface area (Å²) in [6, 6.07) is 0.727. The van der Waals surface area contributed by atoms with Crippen LogP contribution in [0.15, 0.2) is 0 Å². The summed E-state index contributed by atoms with van der Waals surface area (Å²) in [6.07, 6.45) is 2.54. The van der Waals surface area contributed by atoms with Crippen molar-refractivity contribution in [2.75, 3.05) is 6.54 Å². The van der Waals surface area contributed by atoms with Crippen molar-refractivity contribution in [3.8, 4) is 0 Å². The second kappa shape index (κ2) is 1.80. The molecule has 0 bridgehead atoms. The van der Waals surface area contributed by atoms with Crippen LogP contribution < -0.4 is 5.84 Å². The van der Waals surface area contributed by atoms with Gasteiger partial charge in [0.2, 0.25) is 0 Å². The number of hydrogen-bond donors (Lipinski definition) is 1. The summed E-state index contributed by atoms with van der Waals surface area (Å²) in [6.45, 7) is 3.31. The molecule has 0 aromatic rings. The van der Waals surface area contributed by atoms with Gasteiger partial charge < -0.3 is 0 Å². The van der Waals surface area contributed by atoms with Crippen molar-refractivity contribution < 1.29 is 0 Å². The van der Waals surface area contributed by atoms with E-state index in [9.17, 15) is 0 Å². The quantitative estimate of drug-likeness (QED) is 0.400. The highest BCUT2D eigenvalue weighted by molar-refractivity contribution is 4.82. The third-order valence-electron chi connectivity index (χ3n) is 1.38. The van der Waals surface area contributed by atoms with Crippen LogP contribution in [-0.2, 0) is 0 Å². The van der Waals surface area contributed by atoms with E-state index in [1.165, 1.54) is 12.8 Å². The minimum atomic E-state index is 0.727. The number of nitrogens with two attached hydrogens (primary N) is 1. The van der Waals surface area contributed by atoms with Gasteiger partial charge in [-0.3, -0.25) is 5.84 Å². The van der Waals surface area contributed by atoms with Gasteiger partial charge in [-0.1, -0.05) is 13.3 Å². The van der Waals surface area contributed by atoms with Gasteiger partial charge in [0.25, 0.3) is 0 Å². The van der Waals surface area contributed by atoms with Gasteiger partial charge in [0.15, 0.2) is 0 Å². The minimum absolute atomic E-state index is 0.727. The first kappa shape index (κ1) is 5.06. The first-order chi connectivity index (χ1) is 3.34. The SMILES string of the molecule is CCCC1CN1N. The van der Waals surface area contributed by atoms with Crippen molar-refractivity contribution in [1.29, 1.82) is 0 Å². The van der Waals surface area contributed by atoms with Crippen LogP contribution in [-0.4, -0.2) is 17.6 Å². The highest BCUT2D eigenvalue weighted by Crippen LogP contribution is 2.15. The summed E-state index contributed by atoms with van der Waals surface area (Å²) in [7, 11) is 0. The second-order valence-electron chi connectivity index (χ2n) is 2.14. The van der Waals surface area contributed by atoms with Crippen molar-refractivity contribution in [2.24, 2.45) is 5.84 Å². The lowest BCUT2D eigenvalue weighted by atomic mass is 10.3. The van der Waals surface area contributed by atoms with E-state index in [0.29, 0.717) is 0 Å².